The zero-order valence-corrected chi connectivity index (χ0v) is 16.7. The summed E-state index contributed by atoms with van der Waals surface area (Å²) in [5.41, 5.74) is 1.13. The van der Waals surface area contributed by atoms with E-state index in [1.165, 1.54) is 6.07 Å². The third kappa shape index (κ3) is 4.85. The number of carbonyl (C=O) groups is 2. The molecular formula is C19H23FN4O3S. The van der Waals surface area contributed by atoms with Crippen LogP contribution < -0.4 is 10.2 Å². The summed E-state index contributed by atoms with van der Waals surface area (Å²) in [5.74, 6) is -0.851. The Labute approximate surface area is 167 Å². The molecule has 1 amide bonds. The van der Waals surface area contributed by atoms with Gasteiger partial charge in [-0.15, -0.1) is 0 Å². The number of rotatable bonds is 6. The summed E-state index contributed by atoms with van der Waals surface area (Å²) in [6.45, 7) is 6.58. The maximum absolute atomic E-state index is 13.9. The predicted octanol–water partition coefficient (Wildman–Crippen LogP) is 2.53. The minimum Gasteiger partial charge on any atom is -0.462 e. The van der Waals surface area contributed by atoms with Crippen molar-refractivity contribution in [3.63, 3.8) is 0 Å². The van der Waals surface area contributed by atoms with E-state index in [-0.39, 0.29) is 24.9 Å². The number of benzene rings is 1. The summed E-state index contributed by atoms with van der Waals surface area (Å²) >= 11 is 1.11. The van der Waals surface area contributed by atoms with Gasteiger partial charge in [0.15, 0.2) is 5.13 Å². The number of para-hydroxylation sites is 1. The zero-order chi connectivity index (χ0) is 20.1. The average Bonchev–Trinajstić information content (AvgIpc) is 3.03. The summed E-state index contributed by atoms with van der Waals surface area (Å²) in [6, 6.07) is 6.71. The van der Waals surface area contributed by atoms with E-state index in [2.05, 4.69) is 10.3 Å². The molecule has 0 bridgehead atoms. The number of halogens is 1. The Morgan fingerprint density at radius 3 is 2.64 bits per heavy atom. The van der Waals surface area contributed by atoms with Crippen LogP contribution >= 0.6 is 11.3 Å². The third-order valence-corrected chi connectivity index (χ3v) is 5.49. The van der Waals surface area contributed by atoms with E-state index in [1.54, 1.807) is 26.0 Å². The first-order valence-corrected chi connectivity index (χ1v) is 9.95. The molecule has 1 aliphatic rings. The van der Waals surface area contributed by atoms with Gasteiger partial charge < -0.3 is 15.0 Å². The van der Waals surface area contributed by atoms with Gasteiger partial charge in [-0.3, -0.25) is 9.69 Å². The molecule has 0 saturated carbocycles. The average molecular weight is 406 g/mol. The Hall–Kier alpha value is -2.52. The Kier molecular flexibility index (Phi) is 6.58. The molecule has 1 aliphatic heterocycles. The number of ether oxygens (including phenoxy) is 1. The lowest BCUT2D eigenvalue weighted by molar-refractivity contribution is -0.117. The fraction of sp³-hybridized carbons (Fsp3) is 0.421. The second kappa shape index (κ2) is 9.11. The fourth-order valence-corrected chi connectivity index (χ4v) is 3.93. The topological polar surface area (TPSA) is 74.8 Å². The lowest BCUT2D eigenvalue weighted by atomic mass is 10.2. The fourth-order valence-electron chi connectivity index (χ4n) is 3.05. The van der Waals surface area contributed by atoms with Crippen LogP contribution in [0.4, 0.5) is 15.2 Å². The molecule has 1 N–H and O–H groups in total. The monoisotopic (exact) mass is 406 g/mol. The minimum atomic E-state index is -0.428. The van der Waals surface area contributed by atoms with E-state index < -0.39 is 5.97 Å². The van der Waals surface area contributed by atoms with E-state index in [0.29, 0.717) is 47.6 Å². The molecule has 2 heterocycles. The van der Waals surface area contributed by atoms with Crippen molar-refractivity contribution in [2.24, 2.45) is 0 Å². The van der Waals surface area contributed by atoms with Crippen molar-refractivity contribution < 1.29 is 18.7 Å². The molecule has 0 radical (unpaired) electrons. The van der Waals surface area contributed by atoms with Crippen molar-refractivity contribution in [3.8, 4) is 0 Å². The quantitative estimate of drug-likeness (QED) is 0.743. The lowest BCUT2D eigenvalue weighted by Gasteiger charge is -2.35. The van der Waals surface area contributed by atoms with Gasteiger partial charge in [-0.1, -0.05) is 23.5 Å². The first-order chi connectivity index (χ1) is 13.5. The van der Waals surface area contributed by atoms with Crippen LogP contribution in [0.2, 0.25) is 0 Å². The van der Waals surface area contributed by atoms with Crippen LogP contribution in [0, 0.1) is 12.7 Å². The first-order valence-electron chi connectivity index (χ1n) is 9.14. The Bertz CT molecular complexity index is 849. The summed E-state index contributed by atoms with van der Waals surface area (Å²) in [5, 5.41) is 3.13. The molecule has 0 atom stereocenters. The highest BCUT2D eigenvalue weighted by molar-refractivity contribution is 7.17. The number of nitrogens with one attached hydrogen (secondary N) is 1. The molecule has 28 heavy (non-hydrogen) atoms. The van der Waals surface area contributed by atoms with Gasteiger partial charge in [0, 0.05) is 26.2 Å². The molecule has 0 unspecified atom stereocenters. The van der Waals surface area contributed by atoms with Crippen LogP contribution in [0.25, 0.3) is 0 Å². The van der Waals surface area contributed by atoms with Gasteiger partial charge in [0.1, 0.15) is 10.7 Å². The Morgan fingerprint density at radius 1 is 1.25 bits per heavy atom. The number of nitrogens with zero attached hydrogens (tertiary/aromatic N) is 3. The van der Waals surface area contributed by atoms with Gasteiger partial charge >= 0.3 is 5.97 Å². The number of piperazine rings is 1. The molecule has 0 spiro atoms. The number of esters is 1. The SMILES string of the molecule is CCOC(=O)c1sc(NC(=O)CN2CCN(c3ccccc3F)CC2)nc1C. The first kappa shape index (κ1) is 20.2. The van der Waals surface area contributed by atoms with Crippen LogP contribution in [0.3, 0.4) is 0 Å². The van der Waals surface area contributed by atoms with Crippen molar-refractivity contribution >= 4 is 34.0 Å². The number of thiazole rings is 1. The van der Waals surface area contributed by atoms with E-state index in [0.717, 1.165) is 11.3 Å². The molecule has 1 aromatic carbocycles. The Morgan fingerprint density at radius 2 is 1.96 bits per heavy atom. The maximum atomic E-state index is 13.9. The summed E-state index contributed by atoms with van der Waals surface area (Å²) in [6.07, 6.45) is 0. The molecule has 150 valence electrons. The van der Waals surface area contributed by atoms with E-state index >= 15 is 0 Å². The smallest absolute Gasteiger partial charge is 0.350 e. The van der Waals surface area contributed by atoms with Crippen molar-refractivity contribution in [3.05, 3.63) is 40.7 Å². The highest BCUT2D eigenvalue weighted by Gasteiger charge is 2.22. The second-order valence-corrected chi connectivity index (χ2v) is 7.42. The maximum Gasteiger partial charge on any atom is 0.350 e. The number of hydrogen-bond acceptors (Lipinski definition) is 7. The molecule has 9 heteroatoms. The van der Waals surface area contributed by atoms with Gasteiger partial charge in [0.2, 0.25) is 5.91 Å². The standard InChI is InChI=1S/C19H23FN4O3S/c1-3-27-18(26)17-13(2)21-19(28-17)22-16(25)12-23-8-10-24(11-9-23)15-7-5-4-6-14(15)20/h4-7H,3,8-12H2,1-2H3,(H,21,22,25). The highest BCUT2D eigenvalue weighted by Crippen LogP contribution is 2.24. The number of aromatic nitrogens is 1. The molecule has 1 fully saturated rings. The number of carbonyl (C=O) groups excluding carboxylic acids is 2. The molecule has 7 nitrogen and oxygen atoms in total. The third-order valence-electron chi connectivity index (χ3n) is 4.44. The lowest BCUT2D eigenvalue weighted by Crippen LogP contribution is -2.48. The van der Waals surface area contributed by atoms with E-state index in [9.17, 15) is 14.0 Å². The molecule has 2 aromatic rings. The van der Waals surface area contributed by atoms with Gasteiger partial charge in [-0.05, 0) is 26.0 Å². The summed E-state index contributed by atoms with van der Waals surface area (Å²) in [4.78, 5) is 32.8. The van der Waals surface area contributed by atoms with Crippen molar-refractivity contribution in [2.45, 2.75) is 13.8 Å². The molecule has 1 saturated heterocycles. The normalized spacial score (nSPS) is 14.8. The van der Waals surface area contributed by atoms with Gasteiger partial charge in [0.25, 0.3) is 0 Å². The predicted molar refractivity (Wildman–Crippen MR) is 106 cm³/mol. The number of hydrogen-bond donors (Lipinski definition) is 1. The zero-order valence-electron chi connectivity index (χ0n) is 15.9. The molecule has 0 aliphatic carbocycles. The largest absolute Gasteiger partial charge is 0.462 e. The van der Waals surface area contributed by atoms with Crippen LogP contribution in [0.1, 0.15) is 22.3 Å². The second-order valence-electron chi connectivity index (χ2n) is 6.42. The summed E-state index contributed by atoms with van der Waals surface area (Å²) in [7, 11) is 0. The van der Waals surface area contributed by atoms with E-state index in [1.807, 2.05) is 15.9 Å². The number of aryl methyl sites for hydroxylation is 1. The van der Waals surface area contributed by atoms with Crippen molar-refractivity contribution in [1.82, 2.24) is 9.88 Å². The van der Waals surface area contributed by atoms with Gasteiger partial charge in [0.05, 0.1) is 24.5 Å². The minimum absolute atomic E-state index is 0.191. The van der Waals surface area contributed by atoms with Crippen molar-refractivity contribution in [2.75, 3.05) is 49.5 Å². The van der Waals surface area contributed by atoms with Crippen LogP contribution in [-0.4, -0.2) is 61.1 Å². The molecule has 3 rings (SSSR count). The molecule has 1 aromatic heterocycles. The summed E-state index contributed by atoms with van der Waals surface area (Å²) < 4.78 is 18.9. The molecular weight excluding hydrogens is 383 g/mol. The number of amides is 1. The number of anilines is 2. The Balaban J connectivity index is 1.51. The van der Waals surface area contributed by atoms with Gasteiger partial charge in [-0.25, -0.2) is 14.2 Å². The van der Waals surface area contributed by atoms with Crippen molar-refractivity contribution in [1.29, 1.82) is 0 Å². The van der Waals surface area contributed by atoms with Crippen LogP contribution in [0.5, 0.6) is 0 Å². The van der Waals surface area contributed by atoms with Crippen LogP contribution in [-0.2, 0) is 9.53 Å². The van der Waals surface area contributed by atoms with Gasteiger partial charge in [-0.2, -0.15) is 0 Å². The highest BCUT2D eigenvalue weighted by atomic mass is 32.1. The van der Waals surface area contributed by atoms with E-state index in [4.69, 9.17) is 4.74 Å². The van der Waals surface area contributed by atoms with Crippen LogP contribution in [0.15, 0.2) is 24.3 Å².